The highest BCUT2D eigenvalue weighted by Gasteiger charge is 2.38. The molecule has 2 amide bonds. The Balaban J connectivity index is 1.25. The zero-order valence-electron chi connectivity index (χ0n) is 18.6. The number of hydrogen-bond acceptors (Lipinski definition) is 4. The van der Waals surface area contributed by atoms with E-state index in [0.29, 0.717) is 23.3 Å². The molecule has 3 heterocycles. The summed E-state index contributed by atoms with van der Waals surface area (Å²) in [7, 11) is 0. The van der Waals surface area contributed by atoms with Crippen LogP contribution in [0.1, 0.15) is 36.8 Å². The molecule has 3 aliphatic rings. The number of carbonyl (C=O) groups excluding carboxylic acids is 2. The highest BCUT2D eigenvalue weighted by molar-refractivity contribution is 6.28. The van der Waals surface area contributed by atoms with Gasteiger partial charge in [0.2, 0.25) is 0 Å². The normalized spacial score (nSPS) is 22.7. The van der Waals surface area contributed by atoms with Gasteiger partial charge in [0, 0.05) is 35.3 Å². The Hall–Kier alpha value is -4.17. The van der Waals surface area contributed by atoms with Crippen molar-refractivity contribution in [3.8, 4) is 6.07 Å². The van der Waals surface area contributed by atoms with E-state index < -0.39 is 0 Å². The van der Waals surface area contributed by atoms with Crippen LogP contribution >= 0.6 is 0 Å². The molecule has 3 aromatic carbocycles. The zero-order valence-corrected chi connectivity index (χ0v) is 18.6. The molecule has 5 nitrogen and oxygen atoms in total. The largest absolute Gasteiger partial charge is 0.365 e. The monoisotopic (exact) mass is 445 g/mol. The van der Waals surface area contributed by atoms with Crippen molar-refractivity contribution in [2.24, 2.45) is 0 Å². The van der Waals surface area contributed by atoms with Gasteiger partial charge in [-0.05, 0) is 67.0 Å². The molecule has 2 fully saturated rings. The Kier molecular flexibility index (Phi) is 4.81. The zero-order chi connectivity index (χ0) is 23.2. The first-order chi connectivity index (χ1) is 16.6. The van der Waals surface area contributed by atoms with Crippen molar-refractivity contribution in [1.82, 2.24) is 0 Å². The maximum atomic E-state index is 12.0. The summed E-state index contributed by atoms with van der Waals surface area (Å²) in [5.74, 6) is -0.582. The summed E-state index contributed by atoms with van der Waals surface area (Å²) in [6.45, 7) is 0. The molecular formula is C29H23N3O2. The van der Waals surface area contributed by atoms with E-state index in [4.69, 9.17) is 0 Å². The van der Waals surface area contributed by atoms with Crippen molar-refractivity contribution >= 4 is 40.0 Å². The second-order valence-corrected chi connectivity index (χ2v) is 9.22. The fraction of sp³-hybridized carbons (Fsp3) is 0.207. The van der Waals surface area contributed by atoms with Crippen LogP contribution in [0.2, 0.25) is 0 Å². The van der Waals surface area contributed by atoms with Gasteiger partial charge in [-0.2, -0.15) is 5.26 Å². The first kappa shape index (κ1) is 20.4. The van der Waals surface area contributed by atoms with Gasteiger partial charge in [-0.15, -0.1) is 0 Å². The lowest BCUT2D eigenvalue weighted by Gasteiger charge is -2.38. The van der Waals surface area contributed by atoms with Crippen molar-refractivity contribution in [3.63, 3.8) is 0 Å². The number of amides is 2. The van der Waals surface area contributed by atoms with E-state index >= 15 is 0 Å². The average Bonchev–Trinajstić information content (AvgIpc) is 3.34. The summed E-state index contributed by atoms with van der Waals surface area (Å²) in [6.07, 6.45) is 9.29. The van der Waals surface area contributed by atoms with Gasteiger partial charge >= 0.3 is 0 Å². The molecule has 166 valence electrons. The Bertz CT molecular complexity index is 1390. The number of rotatable bonds is 3. The summed E-state index contributed by atoms with van der Waals surface area (Å²) in [6, 6.07) is 23.1. The minimum atomic E-state index is -0.291. The van der Waals surface area contributed by atoms with Crippen molar-refractivity contribution in [2.45, 2.75) is 37.8 Å². The van der Waals surface area contributed by atoms with E-state index in [1.807, 2.05) is 48.5 Å². The molecule has 2 saturated heterocycles. The highest BCUT2D eigenvalue weighted by atomic mass is 16.2. The van der Waals surface area contributed by atoms with Crippen LogP contribution in [-0.2, 0) is 9.59 Å². The topological polar surface area (TPSA) is 64.4 Å². The standard InChI is InChI=1S/C29H23N3O2/c30-18-21-6-5-20(26-3-1-2-4-27(21)26)15-19-16-24-11-12-25(17-19)31(24)22-7-9-23(10-8-22)32-28(33)13-14-29(32)34/h1-10,13-15,24-25H,11-12,16-17H2/t24-,25+. The van der Waals surface area contributed by atoms with Gasteiger partial charge in [-0.1, -0.05) is 42.0 Å². The second kappa shape index (κ2) is 8.00. The molecule has 0 aliphatic carbocycles. The van der Waals surface area contributed by atoms with Crippen LogP contribution in [0.15, 0.2) is 78.4 Å². The number of nitriles is 1. The van der Waals surface area contributed by atoms with Crippen molar-refractivity contribution in [1.29, 1.82) is 5.26 Å². The van der Waals surface area contributed by atoms with E-state index in [-0.39, 0.29) is 11.8 Å². The maximum Gasteiger partial charge on any atom is 0.258 e. The first-order valence-corrected chi connectivity index (χ1v) is 11.7. The SMILES string of the molecule is N#Cc1ccc(C=C2C[C@H]3CC[C@@H](C2)N3c2ccc(N3C(=O)C=CC3=O)cc2)c2ccccc12. The van der Waals surface area contributed by atoms with Crippen LogP contribution in [0.3, 0.4) is 0 Å². The second-order valence-electron chi connectivity index (χ2n) is 9.22. The number of hydrogen-bond donors (Lipinski definition) is 0. The van der Waals surface area contributed by atoms with Gasteiger partial charge in [0.25, 0.3) is 11.8 Å². The molecule has 0 spiro atoms. The minimum Gasteiger partial charge on any atom is -0.365 e. The van der Waals surface area contributed by atoms with E-state index in [1.165, 1.54) is 28.2 Å². The number of fused-ring (bicyclic) bond motifs is 3. The summed E-state index contributed by atoms with van der Waals surface area (Å²) in [5.41, 5.74) is 5.10. The predicted molar refractivity (Wildman–Crippen MR) is 133 cm³/mol. The lowest BCUT2D eigenvalue weighted by molar-refractivity contribution is -0.119. The van der Waals surface area contributed by atoms with E-state index in [0.717, 1.165) is 42.1 Å². The first-order valence-electron chi connectivity index (χ1n) is 11.7. The molecule has 0 saturated carbocycles. The van der Waals surface area contributed by atoms with Crippen molar-refractivity contribution in [2.75, 3.05) is 9.80 Å². The fourth-order valence-corrected chi connectivity index (χ4v) is 5.78. The van der Waals surface area contributed by atoms with Gasteiger partial charge in [0.05, 0.1) is 17.3 Å². The summed E-state index contributed by atoms with van der Waals surface area (Å²) in [5, 5.41) is 11.6. The molecule has 2 bridgehead atoms. The summed E-state index contributed by atoms with van der Waals surface area (Å²) >= 11 is 0. The predicted octanol–water partition coefficient (Wildman–Crippen LogP) is 5.36. The van der Waals surface area contributed by atoms with Gasteiger partial charge in [-0.3, -0.25) is 9.59 Å². The highest BCUT2D eigenvalue weighted by Crippen LogP contribution is 2.42. The average molecular weight is 446 g/mol. The van der Waals surface area contributed by atoms with Gasteiger partial charge < -0.3 is 4.90 Å². The molecule has 3 aliphatic heterocycles. The number of imide groups is 1. The number of carbonyl (C=O) groups is 2. The number of anilines is 2. The quantitative estimate of drug-likeness (QED) is 0.510. The Morgan fingerprint density at radius 3 is 2.06 bits per heavy atom. The van der Waals surface area contributed by atoms with E-state index in [2.05, 4.69) is 29.2 Å². The van der Waals surface area contributed by atoms with Crippen LogP contribution in [-0.4, -0.2) is 23.9 Å². The molecule has 3 aromatic rings. The van der Waals surface area contributed by atoms with Crippen LogP contribution in [0.5, 0.6) is 0 Å². The third-order valence-corrected chi connectivity index (χ3v) is 7.27. The molecule has 6 rings (SSSR count). The van der Waals surface area contributed by atoms with Crippen LogP contribution in [0.4, 0.5) is 11.4 Å². The van der Waals surface area contributed by atoms with Crippen LogP contribution < -0.4 is 9.80 Å². The smallest absolute Gasteiger partial charge is 0.258 e. The lowest BCUT2D eigenvalue weighted by atomic mass is 9.92. The molecule has 0 radical (unpaired) electrons. The molecule has 0 aromatic heterocycles. The summed E-state index contributed by atoms with van der Waals surface area (Å²) < 4.78 is 0. The van der Waals surface area contributed by atoms with Crippen molar-refractivity contribution in [3.05, 3.63) is 89.5 Å². The molecular weight excluding hydrogens is 422 g/mol. The third-order valence-electron chi connectivity index (χ3n) is 7.27. The van der Waals surface area contributed by atoms with Crippen molar-refractivity contribution < 1.29 is 9.59 Å². The number of piperidine rings is 1. The Morgan fingerprint density at radius 2 is 1.41 bits per heavy atom. The summed E-state index contributed by atoms with van der Waals surface area (Å²) in [4.78, 5) is 27.7. The maximum absolute atomic E-state index is 12.0. The molecule has 0 unspecified atom stereocenters. The van der Waals surface area contributed by atoms with Crippen LogP contribution in [0.25, 0.3) is 16.8 Å². The molecule has 2 atom stereocenters. The van der Waals surface area contributed by atoms with E-state index in [9.17, 15) is 14.9 Å². The van der Waals surface area contributed by atoms with E-state index in [1.54, 1.807) is 0 Å². The fourth-order valence-electron chi connectivity index (χ4n) is 5.78. The Morgan fingerprint density at radius 1 is 0.794 bits per heavy atom. The molecule has 34 heavy (non-hydrogen) atoms. The number of benzene rings is 3. The van der Waals surface area contributed by atoms with Gasteiger partial charge in [-0.25, -0.2) is 4.90 Å². The van der Waals surface area contributed by atoms with Crippen LogP contribution in [0, 0.1) is 11.3 Å². The Labute approximate surface area is 198 Å². The molecule has 5 heteroatoms. The number of nitrogens with zero attached hydrogens (tertiary/aromatic N) is 3. The third kappa shape index (κ3) is 3.31. The molecule has 0 N–H and O–H groups in total. The van der Waals surface area contributed by atoms with Gasteiger partial charge in [0.1, 0.15) is 0 Å². The van der Waals surface area contributed by atoms with Gasteiger partial charge in [0.15, 0.2) is 0 Å². The minimum absolute atomic E-state index is 0.291. The lowest BCUT2D eigenvalue weighted by Crippen LogP contribution is -2.40.